The number of amides is 2. The molecule has 0 spiro atoms. The van der Waals surface area contributed by atoms with Crippen LogP contribution in [-0.2, 0) is 17.7 Å². The Morgan fingerprint density at radius 1 is 1.23 bits per heavy atom. The van der Waals surface area contributed by atoms with Gasteiger partial charge in [0.15, 0.2) is 12.4 Å². The molecule has 2 aromatic rings. The molecular weight excluding hydrogens is 518 g/mol. The second kappa shape index (κ2) is 12.7. The van der Waals surface area contributed by atoms with Gasteiger partial charge in [-0.2, -0.15) is 13.2 Å². The molecule has 2 amide bonds. The van der Waals surface area contributed by atoms with Crippen LogP contribution in [0.4, 0.5) is 22.4 Å². The monoisotopic (exact) mass is 549 g/mol. The van der Waals surface area contributed by atoms with E-state index in [1.54, 1.807) is 25.4 Å². The summed E-state index contributed by atoms with van der Waals surface area (Å²) in [6.07, 6.45) is 4.14. The van der Waals surface area contributed by atoms with Gasteiger partial charge in [0.2, 0.25) is 0 Å². The minimum atomic E-state index is -4.64. The molecule has 8 nitrogen and oxygen atoms in total. The molecule has 2 heterocycles. The SMILES string of the molecule is CC/C=C(/C=C\C=C(/C)NC(=O)c1cc2c(cc1F)CCN(C(=O)OCC(F)(F)F)C2)c1nncn1C(C)C. The van der Waals surface area contributed by atoms with E-state index in [2.05, 4.69) is 20.3 Å². The number of halogens is 4. The largest absolute Gasteiger partial charge is 0.440 e. The molecule has 0 atom stereocenters. The van der Waals surface area contributed by atoms with Crippen LogP contribution in [0.1, 0.15) is 67.5 Å². The lowest BCUT2D eigenvalue weighted by atomic mass is 9.96. The van der Waals surface area contributed by atoms with E-state index in [4.69, 9.17) is 0 Å². The molecule has 1 aliphatic heterocycles. The van der Waals surface area contributed by atoms with E-state index in [-0.39, 0.29) is 31.1 Å². The third-order valence-electron chi connectivity index (χ3n) is 5.91. The van der Waals surface area contributed by atoms with Crippen molar-refractivity contribution in [2.45, 2.75) is 59.3 Å². The van der Waals surface area contributed by atoms with Crippen LogP contribution in [0.5, 0.6) is 0 Å². The van der Waals surface area contributed by atoms with Crippen LogP contribution in [0.25, 0.3) is 5.57 Å². The highest BCUT2D eigenvalue weighted by atomic mass is 19.4. The van der Waals surface area contributed by atoms with Gasteiger partial charge in [-0.3, -0.25) is 4.79 Å². The molecule has 12 heteroatoms. The maximum absolute atomic E-state index is 14.7. The van der Waals surface area contributed by atoms with E-state index in [0.29, 0.717) is 22.6 Å². The van der Waals surface area contributed by atoms with Gasteiger partial charge in [-0.25, -0.2) is 9.18 Å². The fourth-order valence-corrected chi connectivity index (χ4v) is 4.01. The molecular formula is C27H31F4N5O3. The second-order valence-electron chi connectivity index (χ2n) is 9.33. The summed E-state index contributed by atoms with van der Waals surface area (Å²) in [7, 11) is 0. The maximum Gasteiger partial charge on any atom is 0.422 e. The second-order valence-corrected chi connectivity index (χ2v) is 9.33. The average molecular weight is 550 g/mol. The first-order valence-electron chi connectivity index (χ1n) is 12.5. The molecule has 0 radical (unpaired) electrons. The molecule has 0 unspecified atom stereocenters. The standard InChI is InChI=1S/C27H31F4N5O3/c1-5-7-19(24-34-32-16-36(24)17(2)3)9-6-8-18(4)33-25(37)22-12-21-14-35(11-10-20(21)13-23(22)28)26(38)39-15-27(29,30)31/h6-9,12-13,16-17H,5,10-11,14-15H2,1-4H3,(H,33,37)/b9-6-,18-8+,19-7-. The lowest BCUT2D eigenvalue weighted by molar-refractivity contribution is -0.162. The topological polar surface area (TPSA) is 89.3 Å². The summed E-state index contributed by atoms with van der Waals surface area (Å²) < 4.78 is 58.1. The number of carbonyl (C=O) groups excluding carboxylic acids is 2. The van der Waals surface area contributed by atoms with E-state index >= 15 is 0 Å². The molecule has 1 aliphatic rings. The fourth-order valence-electron chi connectivity index (χ4n) is 4.01. The Bertz CT molecular complexity index is 1290. The summed E-state index contributed by atoms with van der Waals surface area (Å²) in [5, 5.41) is 10.8. The van der Waals surface area contributed by atoms with Crippen LogP contribution in [0.2, 0.25) is 0 Å². The van der Waals surface area contributed by atoms with Crippen molar-refractivity contribution in [3.05, 3.63) is 76.8 Å². The van der Waals surface area contributed by atoms with Gasteiger partial charge in [-0.05, 0) is 62.9 Å². The first-order valence-corrected chi connectivity index (χ1v) is 12.5. The number of rotatable bonds is 8. The predicted molar refractivity (Wildman–Crippen MR) is 137 cm³/mol. The van der Waals surface area contributed by atoms with Crippen LogP contribution in [0.15, 0.2) is 48.5 Å². The van der Waals surface area contributed by atoms with E-state index < -0.39 is 30.6 Å². The molecule has 3 rings (SSSR count). The van der Waals surface area contributed by atoms with E-state index in [1.165, 1.54) is 12.1 Å². The van der Waals surface area contributed by atoms with Crippen molar-refractivity contribution >= 4 is 17.6 Å². The lowest BCUT2D eigenvalue weighted by Gasteiger charge is -2.28. The number of aromatic nitrogens is 3. The molecule has 1 aromatic heterocycles. The molecule has 1 aromatic carbocycles. The summed E-state index contributed by atoms with van der Waals surface area (Å²) in [5.41, 5.74) is 2.10. The van der Waals surface area contributed by atoms with E-state index in [1.807, 2.05) is 37.5 Å². The highest BCUT2D eigenvalue weighted by Gasteiger charge is 2.32. The molecule has 0 saturated heterocycles. The van der Waals surface area contributed by atoms with Crippen LogP contribution >= 0.6 is 0 Å². The first kappa shape index (κ1) is 29.6. The summed E-state index contributed by atoms with van der Waals surface area (Å²) in [6, 6.07) is 2.70. The Labute approximate surface area is 224 Å². The molecule has 1 N–H and O–H groups in total. The zero-order valence-corrected chi connectivity index (χ0v) is 22.2. The lowest BCUT2D eigenvalue weighted by Crippen LogP contribution is -2.38. The third-order valence-corrected chi connectivity index (χ3v) is 5.91. The number of ether oxygens (including phenoxy) is 1. The Hall–Kier alpha value is -3.96. The van der Waals surface area contributed by atoms with Gasteiger partial charge in [-0.1, -0.05) is 25.2 Å². The Morgan fingerprint density at radius 2 is 1.97 bits per heavy atom. The first-order chi connectivity index (χ1) is 18.4. The fraction of sp³-hybridized carbons (Fsp3) is 0.407. The van der Waals surface area contributed by atoms with Crippen LogP contribution in [-0.4, -0.2) is 51.0 Å². The number of carbonyl (C=O) groups is 2. The number of nitrogens with zero attached hydrogens (tertiary/aromatic N) is 4. The maximum atomic E-state index is 14.7. The van der Waals surface area contributed by atoms with Crippen molar-refractivity contribution in [1.29, 1.82) is 0 Å². The number of alkyl halides is 3. The summed E-state index contributed by atoms with van der Waals surface area (Å²) in [5.74, 6) is -0.715. The van der Waals surface area contributed by atoms with Crippen molar-refractivity contribution in [2.24, 2.45) is 0 Å². The quantitative estimate of drug-likeness (QED) is 0.335. The minimum absolute atomic E-state index is 0.0742. The van der Waals surface area contributed by atoms with Gasteiger partial charge < -0.3 is 19.5 Å². The molecule has 0 aliphatic carbocycles. The van der Waals surface area contributed by atoms with Crippen LogP contribution in [0.3, 0.4) is 0 Å². The Kier molecular flexibility index (Phi) is 9.66. The van der Waals surface area contributed by atoms with E-state index in [0.717, 1.165) is 16.9 Å². The van der Waals surface area contributed by atoms with Gasteiger partial charge in [0.05, 0.1) is 5.56 Å². The van der Waals surface area contributed by atoms with Crippen molar-refractivity contribution in [1.82, 2.24) is 25.0 Å². The molecule has 210 valence electrons. The third kappa shape index (κ3) is 8.01. The number of hydrogen-bond donors (Lipinski definition) is 1. The number of hydrogen-bond acceptors (Lipinski definition) is 5. The van der Waals surface area contributed by atoms with Crippen molar-refractivity contribution in [3.63, 3.8) is 0 Å². The molecule has 0 saturated carbocycles. The summed E-state index contributed by atoms with van der Waals surface area (Å²) >= 11 is 0. The summed E-state index contributed by atoms with van der Waals surface area (Å²) in [4.78, 5) is 25.9. The minimum Gasteiger partial charge on any atom is -0.440 e. The van der Waals surface area contributed by atoms with Crippen molar-refractivity contribution in [2.75, 3.05) is 13.2 Å². The highest BCUT2D eigenvalue weighted by molar-refractivity contribution is 5.96. The normalized spacial score (nSPS) is 14.6. The molecule has 0 bridgehead atoms. The number of benzene rings is 1. The average Bonchev–Trinajstić information content (AvgIpc) is 3.36. The highest BCUT2D eigenvalue weighted by Crippen LogP contribution is 2.24. The van der Waals surface area contributed by atoms with Crippen molar-refractivity contribution < 1.29 is 31.9 Å². The van der Waals surface area contributed by atoms with Gasteiger partial charge in [0.1, 0.15) is 12.1 Å². The van der Waals surface area contributed by atoms with Crippen molar-refractivity contribution in [3.8, 4) is 0 Å². The Morgan fingerprint density at radius 3 is 2.64 bits per heavy atom. The van der Waals surface area contributed by atoms with Gasteiger partial charge in [0.25, 0.3) is 5.91 Å². The smallest absolute Gasteiger partial charge is 0.422 e. The number of nitrogens with one attached hydrogen (secondary N) is 1. The van der Waals surface area contributed by atoms with E-state index in [9.17, 15) is 27.2 Å². The molecule has 0 fully saturated rings. The zero-order valence-electron chi connectivity index (χ0n) is 22.2. The van der Waals surface area contributed by atoms with Gasteiger partial charge >= 0.3 is 12.3 Å². The number of fused-ring (bicyclic) bond motifs is 1. The zero-order chi connectivity index (χ0) is 28.7. The van der Waals surface area contributed by atoms with Gasteiger partial charge in [0, 0.05) is 30.4 Å². The van der Waals surface area contributed by atoms with Crippen LogP contribution < -0.4 is 5.32 Å². The summed E-state index contributed by atoms with van der Waals surface area (Å²) in [6.45, 7) is 5.98. The van der Waals surface area contributed by atoms with Crippen LogP contribution in [0, 0.1) is 5.82 Å². The predicted octanol–water partition coefficient (Wildman–Crippen LogP) is 5.74. The Balaban J connectivity index is 1.70. The molecule has 39 heavy (non-hydrogen) atoms. The van der Waals surface area contributed by atoms with Gasteiger partial charge in [-0.15, -0.1) is 10.2 Å². The number of allylic oxidation sites excluding steroid dienone is 6.